The van der Waals surface area contributed by atoms with E-state index in [1.165, 1.54) is 0 Å². The van der Waals surface area contributed by atoms with Crippen molar-refractivity contribution in [2.45, 2.75) is 38.1 Å². The van der Waals surface area contributed by atoms with E-state index in [-0.39, 0.29) is 24.7 Å². The Morgan fingerprint density at radius 1 is 1.41 bits per heavy atom. The average molecular weight is 242 g/mol. The van der Waals surface area contributed by atoms with Gasteiger partial charge in [0.15, 0.2) is 0 Å². The summed E-state index contributed by atoms with van der Waals surface area (Å²) in [7, 11) is 1.71. The Labute approximate surface area is 100.0 Å². The molecule has 0 bridgehead atoms. The quantitative estimate of drug-likeness (QED) is 0.641. The second-order valence-corrected chi connectivity index (χ2v) is 4.27. The van der Waals surface area contributed by atoms with Crippen LogP contribution in [0, 0.1) is 0 Å². The molecule has 6 nitrogen and oxygen atoms in total. The number of likely N-dealkylation sites (N-methyl/N-ethyl adjacent to an activating group) is 1. The first kappa shape index (κ1) is 13.5. The third-order valence-electron chi connectivity index (χ3n) is 2.81. The van der Waals surface area contributed by atoms with Gasteiger partial charge in [-0.05, 0) is 19.3 Å². The fourth-order valence-corrected chi connectivity index (χ4v) is 1.78. The van der Waals surface area contributed by atoms with Crippen LogP contribution in [0.5, 0.6) is 0 Å². The first-order valence-electron chi connectivity index (χ1n) is 5.77. The van der Waals surface area contributed by atoms with E-state index >= 15 is 0 Å². The summed E-state index contributed by atoms with van der Waals surface area (Å²) in [4.78, 5) is 34.8. The zero-order valence-electron chi connectivity index (χ0n) is 9.94. The number of aliphatic carboxylic acids is 1. The number of carboxylic acids is 1. The largest absolute Gasteiger partial charge is 0.481 e. The second kappa shape index (κ2) is 6.22. The van der Waals surface area contributed by atoms with Crippen molar-refractivity contribution in [2.24, 2.45) is 0 Å². The van der Waals surface area contributed by atoms with E-state index in [9.17, 15) is 14.4 Å². The first-order chi connectivity index (χ1) is 8.00. The number of amides is 2. The number of unbranched alkanes of at least 4 members (excludes halogenated alkanes) is 1. The SMILES string of the molecule is CN1CCC(NC(=O)CCCCC(=O)O)C1=O. The van der Waals surface area contributed by atoms with Gasteiger partial charge in [0.2, 0.25) is 11.8 Å². The number of nitrogens with zero attached hydrogens (tertiary/aromatic N) is 1. The molecule has 0 aliphatic carbocycles. The summed E-state index contributed by atoms with van der Waals surface area (Å²) in [6.07, 6.45) is 2.03. The predicted octanol–water partition coefficient (Wildman–Crippen LogP) is -0.0217. The molecule has 17 heavy (non-hydrogen) atoms. The van der Waals surface area contributed by atoms with Crippen molar-refractivity contribution in [2.75, 3.05) is 13.6 Å². The smallest absolute Gasteiger partial charge is 0.303 e. The monoisotopic (exact) mass is 242 g/mol. The van der Waals surface area contributed by atoms with Gasteiger partial charge in [0.25, 0.3) is 0 Å². The van der Waals surface area contributed by atoms with Gasteiger partial charge in [-0.1, -0.05) is 0 Å². The van der Waals surface area contributed by atoms with Gasteiger partial charge in [-0.2, -0.15) is 0 Å². The Bertz CT molecular complexity index is 317. The van der Waals surface area contributed by atoms with Crippen molar-refractivity contribution in [1.82, 2.24) is 10.2 Å². The summed E-state index contributed by atoms with van der Waals surface area (Å²) in [5.74, 6) is -1.08. The molecule has 0 aromatic carbocycles. The molecule has 1 saturated heterocycles. The van der Waals surface area contributed by atoms with Crippen molar-refractivity contribution < 1.29 is 19.5 Å². The Morgan fingerprint density at radius 2 is 2.06 bits per heavy atom. The van der Waals surface area contributed by atoms with Crippen LogP contribution in [0.15, 0.2) is 0 Å². The molecular formula is C11H18N2O4. The van der Waals surface area contributed by atoms with E-state index < -0.39 is 12.0 Å². The molecule has 1 unspecified atom stereocenters. The molecule has 0 aromatic heterocycles. The fraction of sp³-hybridized carbons (Fsp3) is 0.727. The maximum Gasteiger partial charge on any atom is 0.303 e. The number of likely N-dealkylation sites (tertiary alicyclic amines) is 1. The number of hydrogen-bond donors (Lipinski definition) is 2. The molecule has 2 N–H and O–H groups in total. The van der Waals surface area contributed by atoms with Crippen LogP contribution >= 0.6 is 0 Å². The van der Waals surface area contributed by atoms with Gasteiger partial charge in [-0.3, -0.25) is 14.4 Å². The minimum atomic E-state index is -0.849. The zero-order chi connectivity index (χ0) is 12.8. The normalized spacial score (nSPS) is 19.5. The molecule has 0 radical (unpaired) electrons. The average Bonchev–Trinajstić information content (AvgIpc) is 2.56. The maximum atomic E-state index is 11.5. The number of carbonyl (C=O) groups excluding carboxylic acids is 2. The molecular weight excluding hydrogens is 224 g/mol. The summed E-state index contributed by atoms with van der Waals surface area (Å²) in [5.41, 5.74) is 0. The van der Waals surface area contributed by atoms with Gasteiger partial charge in [0.05, 0.1) is 0 Å². The summed E-state index contributed by atoms with van der Waals surface area (Å²) >= 11 is 0. The van der Waals surface area contributed by atoms with Crippen molar-refractivity contribution in [3.05, 3.63) is 0 Å². The molecule has 1 aliphatic heterocycles. The summed E-state index contributed by atoms with van der Waals surface area (Å²) < 4.78 is 0. The molecule has 1 heterocycles. The van der Waals surface area contributed by atoms with Crippen LogP contribution in [0.3, 0.4) is 0 Å². The van der Waals surface area contributed by atoms with Crippen LogP contribution in [-0.4, -0.2) is 47.4 Å². The van der Waals surface area contributed by atoms with Gasteiger partial charge in [-0.25, -0.2) is 0 Å². The van der Waals surface area contributed by atoms with E-state index in [4.69, 9.17) is 5.11 Å². The van der Waals surface area contributed by atoms with Crippen LogP contribution in [0.1, 0.15) is 32.1 Å². The van der Waals surface area contributed by atoms with Crippen molar-refractivity contribution >= 4 is 17.8 Å². The highest BCUT2D eigenvalue weighted by atomic mass is 16.4. The van der Waals surface area contributed by atoms with Crippen molar-refractivity contribution in [3.63, 3.8) is 0 Å². The minimum Gasteiger partial charge on any atom is -0.481 e. The lowest BCUT2D eigenvalue weighted by Gasteiger charge is -2.11. The highest BCUT2D eigenvalue weighted by Crippen LogP contribution is 2.09. The molecule has 1 fully saturated rings. The lowest BCUT2D eigenvalue weighted by Crippen LogP contribution is -2.40. The summed E-state index contributed by atoms with van der Waals surface area (Å²) in [6, 6.07) is -0.396. The highest BCUT2D eigenvalue weighted by Gasteiger charge is 2.29. The Morgan fingerprint density at radius 3 is 2.59 bits per heavy atom. The lowest BCUT2D eigenvalue weighted by atomic mass is 10.1. The van der Waals surface area contributed by atoms with Crippen LogP contribution < -0.4 is 5.32 Å². The number of carbonyl (C=O) groups is 3. The van der Waals surface area contributed by atoms with Gasteiger partial charge in [0, 0.05) is 26.4 Å². The van der Waals surface area contributed by atoms with Gasteiger partial charge < -0.3 is 15.3 Å². The third-order valence-corrected chi connectivity index (χ3v) is 2.81. The van der Waals surface area contributed by atoms with Crippen molar-refractivity contribution in [3.8, 4) is 0 Å². The third kappa shape index (κ3) is 4.42. The van der Waals surface area contributed by atoms with Crippen LogP contribution in [0.25, 0.3) is 0 Å². The highest BCUT2D eigenvalue weighted by molar-refractivity contribution is 5.88. The lowest BCUT2D eigenvalue weighted by molar-refractivity contribution is -0.137. The number of rotatable bonds is 6. The van der Waals surface area contributed by atoms with Crippen LogP contribution in [-0.2, 0) is 14.4 Å². The molecule has 0 spiro atoms. The van der Waals surface area contributed by atoms with Crippen LogP contribution in [0.4, 0.5) is 0 Å². The maximum absolute atomic E-state index is 11.5. The molecule has 6 heteroatoms. The van der Waals surface area contributed by atoms with Gasteiger partial charge >= 0.3 is 5.97 Å². The molecule has 0 saturated carbocycles. The topological polar surface area (TPSA) is 86.7 Å². The Balaban J connectivity index is 2.17. The fourth-order valence-electron chi connectivity index (χ4n) is 1.78. The first-order valence-corrected chi connectivity index (χ1v) is 5.77. The number of carboxylic acid groups (broad SMARTS) is 1. The molecule has 96 valence electrons. The van der Waals surface area contributed by atoms with Crippen LogP contribution in [0.2, 0.25) is 0 Å². The Hall–Kier alpha value is -1.59. The predicted molar refractivity (Wildman–Crippen MR) is 60.3 cm³/mol. The van der Waals surface area contributed by atoms with Gasteiger partial charge in [-0.15, -0.1) is 0 Å². The van der Waals surface area contributed by atoms with Crippen molar-refractivity contribution in [1.29, 1.82) is 0 Å². The second-order valence-electron chi connectivity index (χ2n) is 4.27. The molecule has 1 aliphatic rings. The van der Waals surface area contributed by atoms with E-state index in [2.05, 4.69) is 5.32 Å². The zero-order valence-corrected chi connectivity index (χ0v) is 9.94. The van der Waals surface area contributed by atoms with E-state index in [0.29, 0.717) is 25.8 Å². The Kier molecular flexibility index (Phi) is 4.93. The van der Waals surface area contributed by atoms with Gasteiger partial charge in [0.1, 0.15) is 6.04 Å². The molecule has 0 aromatic rings. The number of nitrogens with one attached hydrogen (secondary N) is 1. The number of hydrogen-bond acceptors (Lipinski definition) is 3. The van der Waals surface area contributed by atoms with E-state index in [1.54, 1.807) is 11.9 Å². The summed E-state index contributed by atoms with van der Waals surface area (Å²) in [6.45, 7) is 0.669. The molecule has 1 rings (SSSR count). The molecule has 1 atom stereocenters. The van der Waals surface area contributed by atoms with E-state index in [1.807, 2.05) is 0 Å². The summed E-state index contributed by atoms with van der Waals surface area (Å²) in [5, 5.41) is 11.1. The van der Waals surface area contributed by atoms with E-state index in [0.717, 1.165) is 0 Å². The standard InChI is InChI=1S/C11H18N2O4/c1-13-7-6-8(11(13)17)12-9(14)4-2-3-5-10(15)16/h8H,2-7H2,1H3,(H,12,14)(H,15,16). The molecule has 2 amide bonds. The minimum absolute atomic E-state index is 0.0520.